The molecule has 3 N–H and O–H groups in total. The lowest BCUT2D eigenvalue weighted by Gasteiger charge is -2.25. The molecule has 1 amide bonds. The maximum absolute atomic E-state index is 12.1. The van der Waals surface area contributed by atoms with Gasteiger partial charge < -0.3 is 11.1 Å². The minimum absolute atomic E-state index is 0.361. The first kappa shape index (κ1) is 14.6. The minimum Gasteiger partial charge on any atom is -0.322 e. The molecular formula is C11H18F2N4O. The van der Waals surface area contributed by atoms with Crippen molar-refractivity contribution in [2.75, 3.05) is 5.32 Å². The number of aromatic nitrogens is 2. The van der Waals surface area contributed by atoms with Gasteiger partial charge in [-0.25, -0.2) is 8.78 Å². The van der Waals surface area contributed by atoms with Crippen molar-refractivity contribution in [1.82, 2.24) is 9.78 Å². The third-order valence-corrected chi connectivity index (χ3v) is 2.44. The number of amides is 1. The summed E-state index contributed by atoms with van der Waals surface area (Å²) in [5.74, 6) is -0.362. The minimum atomic E-state index is -2.48. The van der Waals surface area contributed by atoms with Crippen molar-refractivity contribution in [3.05, 3.63) is 12.4 Å². The Morgan fingerprint density at radius 1 is 1.56 bits per heavy atom. The molecule has 102 valence electrons. The zero-order valence-corrected chi connectivity index (χ0v) is 10.7. The molecule has 1 rings (SSSR count). The Hall–Kier alpha value is -1.50. The third-order valence-electron chi connectivity index (χ3n) is 2.44. The Balaban J connectivity index is 2.63. The normalized spacial score (nSPS) is 13.7. The molecule has 1 heterocycles. The summed E-state index contributed by atoms with van der Waals surface area (Å²) in [6, 6.07) is -0.684. The summed E-state index contributed by atoms with van der Waals surface area (Å²) < 4.78 is 25.3. The Bertz CT molecular complexity index is 411. The maximum Gasteiger partial charge on any atom is 0.257 e. The monoisotopic (exact) mass is 260 g/mol. The van der Waals surface area contributed by atoms with Crippen LogP contribution in [0.3, 0.4) is 0 Å². The van der Waals surface area contributed by atoms with Gasteiger partial charge in [-0.1, -0.05) is 20.8 Å². The molecule has 0 aliphatic carbocycles. The van der Waals surface area contributed by atoms with Crippen molar-refractivity contribution in [2.45, 2.75) is 39.8 Å². The first-order valence-corrected chi connectivity index (χ1v) is 5.57. The highest BCUT2D eigenvalue weighted by Crippen LogP contribution is 2.18. The maximum atomic E-state index is 12.1. The number of hydrogen-bond acceptors (Lipinski definition) is 3. The van der Waals surface area contributed by atoms with Gasteiger partial charge >= 0.3 is 0 Å². The second-order valence-electron chi connectivity index (χ2n) is 5.18. The van der Waals surface area contributed by atoms with E-state index >= 15 is 0 Å². The van der Waals surface area contributed by atoms with E-state index in [1.54, 1.807) is 0 Å². The predicted molar refractivity (Wildman–Crippen MR) is 64.3 cm³/mol. The van der Waals surface area contributed by atoms with E-state index in [0.29, 0.717) is 5.69 Å². The van der Waals surface area contributed by atoms with Crippen molar-refractivity contribution >= 4 is 11.6 Å². The molecule has 1 aromatic rings. The molecule has 1 aromatic heterocycles. The summed E-state index contributed by atoms with van der Waals surface area (Å²) in [5.41, 5.74) is 5.76. The summed E-state index contributed by atoms with van der Waals surface area (Å²) >= 11 is 0. The second kappa shape index (κ2) is 5.43. The van der Waals surface area contributed by atoms with Crippen molar-refractivity contribution in [3.63, 3.8) is 0 Å². The molecule has 7 heteroatoms. The fourth-order valence-corrected chi connectivity index (χ4v) is 1.28. The predicted octanol–water partition coefficient (Wildman–Crippen LogP) is 1.46. The molecule has 0 unspecified atom stereocenters. The first-order chi connectivity index (χ1) is 8.20. The fourth-order valence-electron chi connectivity index (χ4n) is 1.28. The van der Waals surface area contributed by atoms with Gasteiger partial charge in [0.15, 0.2) is 0 Å². The number of nitrogens with one attached hydrogen (secondary N) is 1. The molecule has 5 nitrogen and oxygen atoms in total. The number of hydrogen-bond donors (Lipinski definition) is 2. The van der Waals surface area contributed by atoms with Crippen LogP contribution >= 0.6 is 0 Å². The average Bonchev–Trinajstić information content (AvgIpc) is 2.61. The van der Waals surface area contributed by atoms with Crippen molar-refractivity contribution in [3.8, 4) is 0 Å². The van der Waals surface area contributed by atoms with Crippen LogP contribution in [-0.2, 0) is 11.3 Å². The van der Waals surface area contributed by atoms with Crippen LogP contribution in [0.2, 0.25) is 0 Å². The summed E-state index contributed by atoms with van der Waals surface area (Å²) in [4.78, 5) is 11.8. The number of nitrogens with two attached hydrogens (primary N) is 1. The lowest BCUT2D eigenvalue weighted by Crippen LogP contribution is -2.45. The molecule has 18 heavy (non-hydrogen) atoms. The van der Waals surface area contributed by atoms with Crippen LogP contribution in [0.15, 0.2) is 12.4 Å². The van der Waals surface area contributed by atoms with E-state index in [1.807, 2.05) is 20.8 Å². The summed E-state index contributed by atoms with van der Waals surface area (Å²) in [7, 11) is 0. The Labute approximate surface area is 104 Å². The van der Waals surface area contributed by atoms with Gasteiger partial charge in [0.1, 0.15) is 6.54 Å². The number of carbonyl (C=O) groups is 1. The lowest BCUT2D eigenvalue weighted by molar-refractivity contribution is -0.119. The van der Waals surface area contributed by atoms with E-state index in [9.17, 15) is 13.6 Å². The van der Waals surface area contributed by atoms with Crippen molar-refractivity contribution < 1.29 is 13.6 Å². The molecule has 1 atom stereocenters. The summed E-state index contributed by atoms with van der Waals surface area (Å²) in [6.07, 6.45) is 0.181. The Kier molecular flexibility index (Phi) is 4.39. The molecule has 0 radical (unpaired) electrons. The molecule has 0 spiro atoms. The van der Waals surface area contributed by atoms with E-state index in [4.69, 9.17) is 5.73 Å². The Morgan fingerprint density at radius 2 is 2.17 bits per heavy atom. The zero-order valence-electron chi connectivity index (χ0n) is 10.7. The van der Waals surface area contributed by atoms with E-state index in [0.717, 1.165) is 4.68 Å². The number of rotatable bonds is 4. The van der Waals surface area contributed by atoms with Gasteiger partial charge in [0, 0.05) is 6.20 Å². The zero-order chi connectivity index (χ0) is 13.9. The van der Waals surface area contributed by atoms with Gasteiger partial charge in [-0.2, -0.15) is 5.10 Å². The average molecular weight is 260 g/mol. The van der Waals surface area contributed by atoms with Crippen LogP contribution in [0.5, 0.6) is 0 Å². The summed E-state index contributed by atoms with van der Waals surface area (Å²) in [5, 5.41) is 6.26. The van der Waals surface area contributed by atoms with E-state index in [1.165, 1.54) is 12.4 Å². The molecule has 0 aromatic carbocycles. The number of nitrogens with zero attached hydrogens (tertiary/aromatic N) is 2. The number of carbonyl (C=O) groups excluding carboxylic acids is 1. The van der Waals surface area contributed by atoms with Crippen LogP contribution in [0.25, 0.3) is 0 Å². The first-order valence-electron chi connectivity index (χ1n) is 5.57. The van der Waals surface area contributed by atoms with Crippen LogP contribution in [0, 0.1) is 5.41 Å². The standard InChI is InChI=1S/C11H18F2N4O/c1-11(2,3)9(14)10(18)16-7-4-15-17(5-7)6-8(12)13/h4-5,8-9H,6,14H2,1-3H3,(H,16,18)/t9-/m1/s1. The largest absolute Gasteiger partial charge is 0.322 e. The third kappa shape index (κ3) is 4.06. The van der Waals surface area contributed by atoms with Gasteiger partial charge in [0.2, 0.25) is 5.91 Å². The van der Waals surface area contributed by atoms with Crippen LogP contribution < -0.4 is 11.1 Å². The van der Waals surface area contributed by atoms with Gasteiger partial charge in [0.05, 0.1) is 17.9 Å². The quantitative estimate of drug-likeness (QED) is 0.860. The fraction of sp³-hybridized carbons (Fsp3) is 0.636. The van der Waals surface area contributed by atoms with E-state index < -0.39 is 19.0 Å². The number of halogens is 2. The highest BCUT2D eigenvalue weighted by atomic mass is 19.3. The molecule has 0 fully saturated rings. The van der Waals surface area contributed by atoms with E-state index in [2.05, 4.69) is 10.4 Å². The topological polar surface area (TPSA) is 72.9 Å². The van der Waals surface area contributed by atoms with Crippen LogP contribution in [0.1, 0.15) is 20.8 Å². The highest BCUT2D eigenvalue weighted by Gasteiger charge is 2.27. The number of anilines is 1. The van der Waals surface area contributed by atoms with Gasteiger partial charge in [-0.15, -0.1) is 0 Å². The second-order valence-corrected chi connectivity index (χ2v) is 5.18. The number of alkyl halides is 2. The van der Waals surface area contributed by atoms with Gasteiger partial charge in [-0.05, 0) is 5.41 Å². The smallest absolute Gasteiger partial charge is 0.257 e. The highest BCUT2D eigenvalue weighted by molar-refractivity contribution is 5.94. The van der Waals surface area contributed by atoms with Crippen LogP contribution in [-0.4, -0.2) is 28.2 Å². The Morgan fingerprint density at radius 3 is 2.67 bits per heavy atom. The van der Waals surface area contributed by atoms with Crippen molar-refractivity contribution in [2.24, 2.45) is 11.1 Å². The summed E-state index contributed by atoms with van der Waals surface area (Å²) in [6.45, 7) is 5.04. The van der Waals surface area contributed by atoms with E-state index in [-0.39, 0.29) is 11.3 Å². The molecule has 0 bridgehead atoms. The van der Waals surface area contributed by atoms with Gasteiger partial charge in [-0.3, -0.25) is 9.48 Å². The molecule has 0 aliphatic rings. The van der Waals surface area contributed by atoms with Crippen LogP contribution in [0.4, 0.5) is 14.5 Å². The SMILES string of the molecule is CC(C)(C)[C@H](N)C(=O)Nc1cnn(CC(F)F)c1. The van der Waals surface area contributed by atoms with Gasteiger partial charge in [0.25, 0.3) is 6.43 Å². The van der Waals surface area contributed by atoms with Crippen molar-refractivity contribution in [1.29, 1.82) is 0 Å². The molecule has 0 aliphatic heterocycles. The lowest BCUT2D eigenvalue weighted by atomic mass is 9.87. The molecule has 0 saturated heterocycles. The molecular weight excluding hydrogens is 242 g/mol. The molecule has 0 saturated carbocycles.